The van der Waals surface area contributed by atoms with Gasteiger partial charge in [-0.15, -0.1) is 11.3 Å². The van der Waals surface area contributed by atoms with E-state index in [9.17, 15) is 4.39 Å². The van der Waals surface area contributed by atoms with Gasteiger partial charge in [-0.2, -0.15) is 0 Å². The van der Waals surface area contributed by atoms with Crippen molar-refractivity contribution in [2.24, 2.45) is 5.73 Å². The molecule has 0 aliphatic carbocycles. The highest BCUT2D eigenvalue weighted by molar-refractivity contribution is 9.10. The predicted octanol–water partition coefficient (Wildman–Crippen LogP) is 4.28. The molecule has 2 N–H and O–H groups in total. The molecule has 0 spiro atoms. The SMILES string of the molecule is NC(CCc1cccs1)c1ccc(F)cc1Br. The van der Waals surface area contributed by atoms with E-state index < -0.39 is 0 Å². The third kappa shape index (κ3) is 3.37. The van der Waals surface area contributed by atoms with E-state index in [0.717, 1.165) is 22.9 Å². The second kappa shape index (κ2) is 5.76. The average molecular weight is 314 g/mol. The van der Waals surface area contributed by atoms with Crippen LogP contribution in [0.2, 0.25) is 0 Å². The Morgan fingerprint density at radius 1 is 1.35 bits per heavy atom. The molecule has 1 nitrogen and oxygen atoms in total. The molecule has 17 heavy (non-hydrogen) atoms. The lowest BCUT2D eigenvalue weighted by Gasteiger charge is -2.13. The summed E-state index contributed by atoms with van der Waals surface area (Å²) in [5, 5.41) is 2.06. The summed E-state index contributed by atoms with van der Waals surface area (Å²) in [5.74, 6) is -0.244. The van der Waals surface area contributed by atoms with Crippen LogP contribution in [-0.2, 0) is 6.42 Å². The molecule has 1 aromatic carbocycles. The summed E-state index contributed by atoms with van der Waals surface area (Å²) >= 11 is 5.09. The minimum Gasteiger partial charge on any atom is -0.324 e. The van der Waals surface area contributed by atoms with Gasteiger partial charge in [0.1, 0.15) is 5.82 Å². The predicted molar refractivity (Wildman–Crippen MR) is 73.7 cm³/mol. The third-order valence-electron chi connectivity index (χ3n) is 2.64. The molecule has 0 fully saturated rings. The number of rotatable bonds is 4. The molecule has 0 radical (unpaired) electrons. The van der Waals surface area contributed by atoms with Crippen molar-refractivity contribution in [3.05, 3.63) is 56.4 Å². The summed E-state index contributed by atoms with van der Waals surface area (Å²) in [5.41, 5.74) is 7.08. The lowest BCUT2D eigenvalue weighted by molar-refractivity contribution is 0.617. The zero-order valence-electron chi connectivity index (χ0n) is 9.20. The molecular weight excluding hydrogens is 301 g/mol. The molecule has 1 atom stereocenters. The Kier molecular flexibility index (Phi) is 4.31. The van der Waals surface area contributed by atoms with Crippen molar-refractivity contribution in [1.82, 2.24) is 0 Å². The minimum atomic E-state index is -0.244. The number of nitrogens with two attached hydrogens (primary N) is 1. The molecule has 0 saturated carbocycles. The summed E-state index contributed by atoms with van der Waals surface area (Å²) in [6.45, 7) is 0. The van der Waals surface area contributed by atoms with Crippen LogP contribution in [0.25, 0.3) is 0 Å². The Balaban J connectivity index is 2.01. The number of benzene rings is 1. The van der Waals surface area contributed by atoms with Crippen molar-refractivity contribution in [3.8, 4) is 0 Å². The Labute approximate surface area is 113 Å². The first-order chi connectivity index (χ1) is 8.16. The first kappa shape index (κ1) is 12.7. The van der Waals surface area contributed by atoms with Gasteiger partial charge < -0.3 is 5.73 Å². The van der Waals surface area contributed by atoms with E-state index in [0.29, 0.717) is 0 Å². The van der Waals surface area contributed by atoms with Gasteiger partial charge in [-0.05, 0) is 42.0 Å². The largest absolute Gasteiger partial charge is 0.324 e. The number of hydrogen-bond acceptors (Lipinski definition) is 2. The topological polar surface area (TPSA) is 26.0 Å². The third-order valence-corrected chi connectivity index (χ3v) is 4.27. The van der Waals surface area contributed by atoms with Crippen LogP contribution in [0.15, 0.2) is 40.2 Å². The molecule has 1 unspecified atom stereocenters. The normalized spacial score (nSPS) is 12.6. The molecule has 1 aromatic heterocycles. The van der Waals surface area contributed by atoms with Crippen LogP contribution in [0.5, 0.6) is 0 Å². The highest BCUT2D eigenvalue weighted by atomic mass is 79.9. The van der Waals surface area contributed by atoms with Crippen molar-refractivity contribution < 1.29 is 4.39 Å². The molecule has 1 heterocycles. The Morgan fingerprint density at radius 2 is 2.18 bits per heavy atom. The molecule has 0 bridgehead atoms. The summed E-state index contributed by atoms with van der Waals surface area (Å²) in [7, 11) is 0. The van der Waals surface area contributed by atoms with Crippen molar-refractivity contribution in [3.63, 3.8) is 0 Å². The monoisotopic (exact) mass is 313 g/mol. The van der Waals surface area contributed by atoms with Crippen LogP contribution in [0.3, 0.4) is 0 Å². The molecule has 90 valence electrons. The molecule has 2 rings (SSSR count). The standard InChI is InChI=1S/C13H13BrFNS/c14-12-8-9(15)3-5-11(12)13(16)6-4-10-2-1-7-17-10/h1-3,5,7-8,13H,4,6,16H2. The van der Waals surface area contributed by atoms with E-state index in [4.69, 9.17) is 5.73 Å². The van der Waals surface area contributed by atoms with Crippen LogP contribution in [0.4, 0.5) is 4.39 Å². The quantitative estimate of drug-likeness (QED) is 0.895. The maximum Gasteiger partial charge on any atom is 0.124 e. The van der Waals surface area contributed by atoms with E-state index in [1.165, 1.54) is 17.0 Å². The van der Waals surface area contributed by atoms with Crippen molar-refractivity contribution in [2.45, 2.75) is 18.9 Å². The molecular formula is C13H13BrFNS. The van der Waals surface area contributed by atoms with Gasteiger partial charge in [-0.1, -0.05) is 28.1 Å². The van der Waals surface area contributed by atoms with E-state index in [1.54, 1.807) is 17.4 Å². The van der Waals surface area contributed by atoms with Gasteiger partial charge in [0.25, 0.3) is 0 Å². The first-order valence-corrected chi connectivity index (χ1v) is 7.07. The minimum absolute atomic E-state index is 0.0629. The number of aryl methyl sites for hydroxylation is 1. The fourth-order valence-corrected chi connectivity index (χ4v) is 3.08. The summed E-state index contributed by atoms with van der Waals surface area (Å²) in [4.78, 5) is 1.33. The molecule has 0 aliphatic heterocycles. The Morgan fingerprint density at radius 3 is 2.82 bits per heavy atom. The van der Waals surface area contributed by atoms with Crippen LogP contribution >= 0.6 is 27.3 Å². The van der Waals surface area contributed by atoms with E-state index >= 15 is 0 Å². The lowest BCUT2D eigenvalue weighted by atomic mass is 10.0. The maximum absolute atomic E-state index is 13.0. The number of halogens is 2. The molecule has 2 aromatic rings. The molecule has 0 saturated heterocycles. The zero-order chi connectivity index (χ0) is 12.3. The van der Waals surface area contributed by atoms with Gasteiger partial charge in [0.2, 0.25) is 0 Å². The van der Waals surface area contributed by atoms with Crippen LogP contribution in [0, 0.1) is 5.82 Å². The number of hydrogen-bond donors (Lipinski definition) is 1. The van der Waals surface area contributed by atoms with Gasteiger partial charge in [-0.25, -0.2) is 4.39 Å². The van der Waals surface area contributed by atoms with Gasteiger partial charge >= 0.3 is 0 Å². The van der Waals surface area contributed by atoms with Crippen molar-refractivity contribution >= 4 is 27.3 Å². The van der Waals surface area contributed by atoms with E-state index in [-0.39, 0.29) is 11.9 Å². The molecule has 4 heteroatoms. The van der Waals surface area contributed by atoms with Crippen molar-refractivity contribution in [1.29, 1.82) is 0 Å². The van der Waals surface area contributed by atoms with Gasteiger partial charge in [0.15, 0.2) is 0 Å². The first-order valence-electron chi connectivity index (χ1n) is 5.39. The van der Waals surface area contributed by atoms with Gasteiger partial charge in [0.05, 0.1) is 0 Å². The smallest absolute Gasteiger partial charge is 0.124 e. The Bertz CT molecular complexity index is 484. The van der Waals surface area contributed by atoms with E-state index in [1.807, 2.05) is 6.07 Å². The summed E-state index contributed by atoms with van der Waals surface area (Å²) in [6.07, 6.45) is 1.83. The van der Waals surface area contributed by atoms with Gasteiger partial charge in [-0.3, -0.25) is 0 Å². The lowest BCUT2D eigenvalue weighted by Crippen LogP contribution is -2.11. The fourth-order valence-electron chi connectivity index (χ4n) is 1.71. The maximum atomic E-state index is 13.0. The molecule has 0 amide bonds. The summed E-state index contributed by atoms with van der Waals surface area (Å²) in [6, 6.07) is 8.74. The van der Waals surface area contributed by atoms with Crippen molar-refractivity contribution in [2.75, 3.05) is 0 Å². The van der Waals surface area contributed by atoms with Crippen LogP contribution in [0.1, 0.15) is 22.9 Å². The van der Waals surface area contributed by atoms with E-state index in [2.05, 4.69) is 27.4 Å². The van der Waals surface area contributed by atoms with Gasteiger partial charge in [0, 0.05) is 15.4 Å². The zero-order valence-corrected chi connectivity index (χ0v) is 11.6. The summed E-state index contributed by atoms with van der Waals surface area (Å²) < 4.78 is 13.7. The molecule has 0 aliphatic rings. The highest BCUT2D eigenvalue weighted by Crippen LogP contribution is 2.26. The number of thiophene rings is 1. The second-order valence-electron chi connectivity index (χ2n) is 3.89. The van der Waals surface area contributed by atoms with Crippen LogP contribution in [-0.4, -0.2) is 0 Å². The highest BCUT2D eigenvalue weighted by Gasteiger charge is 2.10. The average Bonchev–Trinajstić information content (AvgIpc) is 2.78. The second-order valence-corrected chi connectivity index (χ2v) is 5.78. The fraction of sp³-hybridized carbons (Fsp3) is 0.231. The van der Waals surface area contributed by atoms with Crippen LogP contribution < -0.4 is 5.73 Å². The Hall–Kier alpha value is -0.710.